The van der Waals surface area contributed by atoms with Crippen molar-refractivity contribution in [1.82, 2.24) is 9.97 Å². The van der Waals surface area contributed by atoms with Gasteiger partial charge in [-0.1, -0.05) is 6.07 Å². The Morgan fingerprint density at radius 3 is 2.68 bits per heavy atom. The second-order valence-corrected chi connectivity index (χ2v) is 7.02. The van der Waals surface area contributed by atoms with Gasteiger partial charge < -0.3 is 19.9 Å². The molecule has 0 unspecified atom stereocenters. The van der Waals surface area contributed by atoms with Gasteiger partial charge in [-0.25, -0.2) is 4.98 Å². The van der Waals surface area contributed by atoms with Gasteiger partial charge in [0.05, 0.1) is 25.5 Å². The highest BCUT2D eigenvalue weighted by Gasteiger charge is 2.47. The molecule has 2 heterocycles. The first-order valence-electron chi connectivity index (χ1n) is 8.85. The third kappa shape index (κ3) is 3.56. The molecule has 28 heavy (non-hydrogen) atoms. The van der Waals surface area contributed by atoms with Gasteiger partial charge in [0.1, 0.15) is 11.4 Å². The topological polar surface area (TPSA) is 70.6 Å². The first kappa shape index (κ1) is 19.8. The van der Waals surface area contributed by atoms with Crippen LogP contribution in [0.3, 0.4) is 0 Å². The zero-order valence-electron chi connectivity index (χ0n) is 16.5. The van der Waals surface area contributed by atoms with Crippen LogP contribution < -0.4 is 19.9 Å². The quantitative estimate of drug-likeness (QED) is 0.862. The predicted molar refractivity (Wildman–Crippen MR) is 104 cm³/mol. The summed E-state index contributed by atoms with van der Waals surface area (Å²) in [5, 5.41) is 3.06. The van der Waals surface area contributed by atoms with Gasteiger partial charge in [-0.05, 0) is 38.5 Å². The van der Waals surface area contributed by atoms with Gasteiger partial charge in [0, 0.05) is 13.1 Å². The Morgan fingerprint density at radius 1 is 1.32 bits per heavy atom. The molecule has 1 amide bonds. The fourth-order valence-electron chi connectivity index (χ4n) is 3.04. The van der Waals surface area contributed by atoms with E-state index in [0.717, 1.165) is 10.5 Å². The number of nitrogens with one attached hydrogen (secondary N) is 1. The van der Waals surface area contributed by atoms with Crippen molar-refractivity contribution >= 4 is 29.0 Å². The minimum absolute atomic E-state index is 0.220. The predicted octanol–water partition coefficient (Wildman–Crippen LogP) is 3.36. The second kappa shape index (κ2) is 7.21. The SMILES string of the molecule is COc1cc(C)ccc1Nc1ncc2c(n1)N(C(C)C)CC(F)(F)C(=O)N2C. The molecule has 9 heteroatoms. The van der Waals surface area contributed by atoms with E-state index in [1.54, 1.807) is 21.0 Å². The van der Waals surface area contributed by atoms with E-state index in [1.807, 2.05) is 25.1 Å². The van der Waals surface area contributed by atoms with E-state index in [1.165, 1.54) is 18.1 Å². The number of carbonyl (C=O) groups is 1. The van der Waals surface area contributed by atoms with Crippen molar-refractivity contribution in [2.75, 3.05) is 35.8 Å². The number of methoxy groups -OCH3 is 1. The molecular formula is C19H23F2N5O2. The van der Waals surface area contributed by atoms with Crippen LogP contribution in [0, 0.1) is 6.92 Å². The summed E-state index contributed by atoms with van der Waals surface area (Å²) < 4.78 is 34.1. The second-order valence-electron chi connectivity index (χ2n) is 7.02. The highest BCUT2D eigenvalue weighted by atomic mass is 19.3. The standard InChI is InChI=1S/C19H23F2N5O2/c1-11(2)26-10-19(20,21)17(27)25(4)14-9-22-18(24-16(14)26)23-13-7-6-12(3)8-15(13)28-5/h6-9,11H,10H2,1-5H3,(H,22,23,24). The third-order valence-corrected chi connectivity index (χ3v) is 4.60. The monoisotopic (exact) mass is 391 g/mol. The lowest BCUT2D eigenvalue weighted by atomic mass is 10.2. The van der Waals surface area contributed by atoms with Gasteiger partial charge in [0.15, 0.2) is 5.82 Å². The maximum atomic E-state index is 14.4. The van der Waals surface area contributed by atoms with Crippen LogP contribution in [-0.2, 0) is 4.79 Å². The zero-order valence-corrected chi connectivity index (χ0v) is 16.5. The summed E-state index contributed by atoms with van der Waals surface area (Å²) in [7, 11) is 2.86. The number of alkyl halides is 2. The Bertz CT molecular complexity index is 904. The van der Waals surface area contributed by atoms with Crippen LogP contribution in [0.1, 0.15) is 19.4 Å². The van der Waals surface area contributed by atoms with E-state index in [9.17, 15) is 13.6 Å². The molecule has 1 aromatic heterocycles. The summed E-state index contributed by atoms with van der Waals surface area (Å²) in [5.74, 6) is -3.70. The minimum Gasteiger partial charge on any atom is -0.495 e. The lowest BCUT2D eigenvalue weighted by Gasteiger charge is -2.29. The molecule has 3 rings (SSSR count). The molecule has 0 radical (unpaired) electrons. The average molecular weight is 391 g/mol. The Balaban J connectivity index is 2.05. The van der Waals surface area contributed by atoms with E-state index >= 15 is 0 Å². The Hall–Kier alpha value is -2.97. The number of hydrogen-bond donors (Lipinski definition) is 1. The number of fused-ring (bicyclic) bond motifs is 1. The summed E-state index contributed by atoms with van der Waals surface area (Å²) >= 11 is 0. The molecule has 1 aliphatic heterocycles. The normalized spacial score (nSPS) is 16.1. The summed E-state index contributed by atoms with van der Waals surface area (Å²) in [6.45, 7) is 4.74. The molecule has 1 aliphatic rings. The molecule has 0 spiro atoms. The smallest absolute Gasteiger partial charge is 0.342 e. The number of rotatable bonds is 4. The molecular weight excluding hydrogens is 368 g/mol. The van der Waals surface area contributed by atoms with Gasteiger partial charge >= 0.3 is 5.92 Å². The largest absolute Gasteiger partial charge is 0.495 e. The van der Waals surface area contributed by atoms with Gasteiger partial charge in [-0.2, -0.15) is 13.8 Å². The number of ether oxygens (including phenoxy) is 1. The minimum atomic E-state index is -3.52. The van der Waals surface area contributed by atoms with E-state index in [-0.39, 0.29) is 23.5 Å². The summed E-state index contributed by atoms with van der Waals surface area (Å²) in [6, 6.07) is 5.30. The average Bonchev–Trinajstić information content (AvgIpc) is 2.72. The van der Waals surface area contributed by atoms with Crippen LogP contribution >= 0.6 is 0 Å². The van der Waals surface area contributed by atoms with E-state index in [2.05, 4.69) is 15.3 Å². The van der Waals surface area contributed by atoms with E-state index in [0.29, 0.717) is 11.4 Å². The number of carbonyl (C=O) groups excluding carboxylic acids is 1. The Labute approximate surface area is 162 Å². The molecule has 1 aromatic carbocycles. The number of benzene rings is 1. The number of nitrogens with zero attached hydrogens (tertiary/aromatic N) is 4. The van der Waals surface area contributed by atoms with Gasteiger partial charge in [0.25, 0.3) is 5.91 Å². The molecule has 0 aliphatic carbocycles. The summed E-state index contributed by atoms with van der Waals surface area (Å²) in [5.41, 5.74) is 1.91. The highest BCUT2D eigenvalue weighted by molar-refractivity contribution is 6.02. The highest BCUT2D eigenvalue weighted by Crippen LogP contribution is 2.37. The molecule has 150 valence electrons. The molecule has 1 N–H and O–H groups in total. The van der Waals surface area contributed by atoms with Crippen molar-refractivity contribution in [3.05, 3.63) is 30.0 Å². The van der Waals surface area contributed by atoms with Gasteiger partial charge in [0.2, 0.25) is 5.95 Å². The fraction of sp³-hybridized carbons (Fsp3) is 0.421. The maximum absolute atomic E-state index is 14.4. The molecule has 0 bridgehead atoms. The molecule has 0 saturated heterocycles. The number of amides is 1. The maximum Gasteiger partial charge on any atom is 0.342 e. The van der Waals surface area contributed by atoms with Crippen LogP contribution in [-0.4, -0.2) is 48.5 Å². The van der Waals surface area contributed by atoms with Crippen molar-refractivity contribution in [1.29, 1.82) is 0 Å². The van der Waals surface area contributed by atoms with Crippen LogP contribution in [0.5, 0.6) is 5.75 Å². The first-order chi connectivity index (χ1) is 13.1. The van der Waals surface area contributed by atoms with E-state index < -0.39 is 18.4 Å². The van der Waals surface area contributed by atoms with E-state index in [4.69, 9.17) is 4.74 Å². The van der Waals surface area contributed by atoms with Crippen LogP contribution in [0.25, 0.3) is 0 Å². The lowest BCUT2D eigenvalue weighted by Crippen LogP contribution is -2.47. The number of anilines is 4. The Morgan fingerprint density at radius 2 is 2.04 bits per heavy atom. The number of hydrogen-bond acceptors (Lipinski definition) is 6. The summed E-state index contributed by atoms with van der Waals surface area (Å²) in [4.78, 5) is 23.1. The molecule has 0 fully saturated rings. The number of halogens is 2. The van der Waals surface area contributed by atoms with Crippen molar-refractivity contribution < 1.29 is 18.3 Å². The van der Waals surface area contributed by atoms with Crippen LogP contribution in [0.4, 0.5) is 31.9 Å². The summed E-state index contributed by atoms with van der Waals surface area (Å²) in [6.07, 6.45) is 1.38. The van der Waals surface area contributed by atoms with Crippen LogP contribution in [0.2, 0.25) is 0 Å². The van der Waals surface area contributed by atoms with Crippen LogP contribution in [0.15, 0.2) is 24.4 Å². The third-order valence-electron chi connectivity index (χ3n) is 4.60. The molecule has 0 saturated carbocycles. The van der Waals surface area contributed by atoms with Crippen molar-refractivity contribution in [3.8, 4) is 5.75 Å². The molecule has 0 atom stereocenters. The molecule has 7 nitrogen and oxygen atoms in total. The number of aryl methyl sites for hydroxylation is 1. The molecule has 2 aromatic rings. The van der Waals surface area contributed by atoms with Crippen molar-refractivity contribution in [3.63, 3.8) is 0 Å². The number of aromatic nitrogens is 2. The lowest BCUT2D eigenvalue weighted by molar-refractivity contribution is -0.140. The first-order valence-corrected chi connectivity index (χ1v) is 8.85. The Kier molecular flexibility index (Phi) is 5.10. The van der Waals surface area contributed by atoms with Gasteiger partial charge in [-0.3, -0.25) is 4.79 Å². The van der Waals surface area contributed by atoms with Gasteiger partial charge in [-0.15, -0.1) is 0 Å². The fourth-order valence-corrected chi connectivity index (χ4v) is 3.04. The van der Waals surface area contributed by atoms with Crippen molar-refractivity contribution in [2.45, 2.75) is 32.7 Å². The zero-order chi connectivity index (χ0) is 20.6. The van der Waals surface area contributed by atoms with Crippen molar-refractivity contribution in [2.24, 2.45) is 0 Å².